The SMILES string of the molecule is O=C(C1CCCNC1)N1CCN(Cc2nccn2C(F)F)CC1. The lowest BCUT2D eigenvalue weighted by Gasteiger charge is -2.37. The maximum atomic E-state index is 12.8. The van der Waals surface area contributed by atoms with Crippen molar-refractivity contribution in [1.29, 1.82) is 0 Å². The van der Waals surface area contributed by atoms with E-state index in [0.717, 1.165) is 30.5 Å². The average Bonchev–Trinajstić information content (AvgIpc) is 3.04. The van der Waals surface area contributed by atoms with E-state index in [1.165, 1.54) is 12.4 Å². The van der Waals surface area contributed by atoms with E-state index < -0.39 is 6.55 Å². The summed E-state index contributed by atoms with van der Waals surface area (Å²) in [5, 5.41) is 3.27. The van der Waals surface area contributed by atoms with Gasteiger partial charge in [-0.1, -0.05) is 0 Å². The topological polar surface area (TPSA) is 53.4 Å². The van der Waals surface area contributed by atoms with Crippen LogP contribution in [-0.4, -0.2) is 64.5 Å². The normalized spacial score (nSPS) is 23.4. The van der Waals surface area contributed by atoms with Crippen LogP contribution in [0.2, 0.25) is 0 Å². The molecule has 3 rings (SSSR count). The third-order valence-electron chi connectivity index (χ3n) is 4.65. The number of hydrogen-bond donors (Lipinski definition) is 1. The first-order chi connectivity index (χ1) is 11.1. The summed E-state index contributed by atoms with van der Waals surface area (Å²) in [6.45, 7) is 2.30. The van der Waals surface area contributed by atoms with Crippen molar-refractivity contribution in [3.05, 3.63) is 18.2 Å². The molecule has 0 spiro atoms. The van der Waals surface area contributed by atoms with Crippen LogP contribution < -0.4 is 5.32 Å². The Hall–Kier alpha value is -1.54. The van der Waals surface area contributed by atoms with Gasteiger partial charge in [-0.2, -0.15) is 8.78 Å². The van der Waals surface area contributed by atoms with E-state index in [9.17, 15) is 13.6 Å². The van der Waals surface area contributed by atoms with E-state index in [-0.39, 0.29) is 11.8 Å². The van der Waals surface area contributed by atoms with Gasteiger partial charge < -0.3 is 10.2 Å². The Morgan fingerprint density at radius 3 is 2.78 bits per heavy atom. The molecule has 128 valence electrons. The Bertz CT molecular complexity index is 522. The molecule has 1 amide bonds. The maximum Gasteiger partial charge on any atom is 0.319 e. The van der Waals surface area contributed by atoms with Crippen molar-refractivity contribution in [3.63, 3.8) is 0 Å². The molecule has 0 saturated carbocycles. The number of piperazine rings is 1. The van der Waals surface area contributed by atoms with Crippen molar-refractivity contribution in [1.82, 2.24) is 24.7 Å². The summed E-state index contributed by atoms with van der Waals surface area (Å²) in [5.41, 5.74) is 0. The highest BCUT2D eigenvalue weighted by atomic mass is 19.3. The number of imidazole rings is 1. The molecule has 2 aliphatic heterocycles. The first-order valence-electron chi connectivity index (χ1n) is 8.17. The van der Waals surface area contributed by atoms with Gasteiger partial charge in [0, 0.05) is 45.1 Å². The molecule has 1 N–H and O–H groups in total. The molecule has 1 unspecified atom stereocenters. The number of nitrogens with one attached hydrogen (secondary N) is 1. The van der Waals surface area contributed by atoms with Crippen molar-refractivity contribution in [2.45, 2.75) is 25.9 Å². The van der Waals surface area contributed by atoms with E-state index in [1.54, 1.807) is 0 Å². The third-order valence-corrected chi connectivity index (χ3v) is 4.65. The minimum absolute atomic E-state index is 0.0908. The van der Waals surface area contributed by atoms with Gasteiger partial charge in [0.2, 0.25) is 5.91 Å². The quantitative estimate of drug-likeness (QED) is 0.894. The number of aromatic nitrogens is 2. The summed E-state index contributed by atoms with van der Waals surface area (Å²) in [6.07, 6.45) is 4.71. The number of carbonyl (C=O) groups excluding carboxylic acids is 1. The van der Waals surface area contributed by atoms with Gasteiger partial charge in [-0.15, -0.1) is 0 Å². The van der Waals surface area contributed by atoms with Gasteiger partial charge in [0.1, 0.15) is 5.82 Å². The third kappa shape index (κ3) is 3.87. The van der Waals surface area contributed by atoms with Gasteiger partial charge in [0.05, 0.1) is 12.5 Å². The largest absolute Gasteiger partial charge is 0.340 e. The molecule has 6 nitrogen and oxygen atoms in total. The zero-order valence-corrected chi connectivity index (χ0v) is 13.1. The number of piperidine rings is 1. The fourth-order valence-electron chi connectivity index (χ4n) is 3.29. The smallest absolute Gasteiger partial charge is 0.319 e. The first kappa shape index (κ1) is 16.3. The van der Waals surface area contributed by atoms with Crippen LogP contribution in [0.1, 0.15) is 25.2 Å². The molecule has 23 heavy (non-hydrogen) atoms. The molecular formula is C15H23F2N5O. The van der Waals surface area contributed by atoms with Crippen LogP contribution in [0.3, 0.4) is 0 Å². The zero-order chi connectivity index (χ0) is 16.2. The van der Waals surface area contributed by atoms with E-state index in [1.807, 2.05) is 4.90 Å². The summed E-state index contributed by atoms with van der Waals surface area (Å²) in [4.78, 5) is 20.5. The molecule has 2 saturated heterocycles. The Morgan fingerprint density at radius 1 is 1.35 bits per heavy atom. The fraction of sp³-hybridized carbons (Fsp3) is 0.733. The lowest BCUT2D eigenvalue weighted by atomic mass is 9.98. The molecule has 1 aromatic rings. The molecule has 3 heterocycles. The zero-order valence-electron chi connectivity index (χ0n) is 13.1. The van der Waals surface area contributed by atoms with Crippen LogP contribution in [0.4, 0.5) is 8.78 Å². The number of alkyl halides is 2. The number of amides is 1. The molecule has 2 fully saturated rings. The molecule has 8 heteroatoms. The van der Waals surface area contributed by atoms with Gasteiger partial charge in [-0.3, -0.25) is 14.3 Å². The second-order valence-corrected chi connectivity index (χ2v) is 6.17. The van der Waals surface area contributed by atoms with E-state index in [0.29, 0.717) is 38.5 Å². The van der Waals surface area contributed by atoms with E-state index >= 15 is 0 Å². The van der Waals surface area contributed by atoms with Crippen LogP contribution in [0.25, 0.3) is 0 Å². The molecule has 0 aliphatic carbocycles. The predicted octanol–water partition coefficient (Wildman–Crippen LogP) is 0.922. The van der Waals surface area contributed by atoms with Crippen LogP contribution in [0, 0.1) is 5.92 Å². The minimum atomic E-state index is -2.56. The maximum absolute atomic E-state index is 12.8. The second-order valence-electron chi connectivity index (χ2n) is 6.17. The van der Waals surface area contributed by atoms with Crippen molar-refractivity contribution >= 4 is 5.91 Å². The molecule has 0 aromatic carbocycles. The molecule has 0 radical (unpaired) electrons. The molecule has 1 aromatic heterocycles. The summed E-state index contributed by atoms with van der Waals surface area (Å²) in [5.74, 6) is 0.690. The molecule has 1 atom stereocenters. The van der Waals surface area contributed by atoms with Gasteiger partial charge in [0.15, 0.2) is 0 Å². The lowest BCUT2D eigenvalue weighted by Crippen LogP contribution is -2.52. The first-order valence-corrected chi connectivity index (χ1v) is 8.17. The minimum Gasteiger partial charge on any atom is -0.340 e. The molecule has 0 bridgehead atoms. The molecular weight excluding hydrogens is 304 g/mol. The summed E-state index contributed by atoms with van der Waals surface area (Å²) < 4.78 is 26.6. The Balaban J connectivity index is 1.50. The number of hydrogen-bond acceptors (Lipinski definition) is 4. The standard InChI is InChI=1S/C15H23F2N5O/c16-15(17)22-5-4-19-13(22)11-20-6-8-21(9-7-20)14(23)12-2-1-3-18-10-12/h4-5,12,15,18H,1-3,6-11H2. The summed E-state index contributed by atoms with van der Waals surface area (Å²) >= 11 is 0. The predicted molar refractivity (Wildman–Crippen MR) is 80.9 cm³/mol. The second kappa shape index (κ2) is 7.35. The average molecular weight is 327 g/mol. The van der Waals surface area contributed by atoms with E-state index in [4.69, 9.17) is 0 Å². The fourth-order valence-corrected chi connectivity index (χ4v) is 3.29. The van der Waals surface area contributed by atoms with Gasteiger partial charge >= 0.3 is 6.55 Å². The Labute approximate surface area is 134 Å². The van der Waals surface area contributed by atoms with Crippen LogP contribution >= 0.6 is 0 Å². The van der Waals surface area contributed by atoms with Gasteiger partial charge in [-0.25, -0.2) is 4.98 Å². The lowest BCUT2D eigenvalue weighted by molar-refractivity contribution is -0.137. The summed E-state index contributed by atoms with van der Waals surface area (Å²) in [6, 6.07) is 0. The number of carbonyl (C=O) groups is 1. The van der Waals surface area contributed by atoms with Crippen molar-refractivity contribution < 1.29 is 13.6 Å². The summed E-state index contributed by atoms with van der Waals surface area (Å²) in [7, 11) is 0. The van der Waals surface area contributed by atoms with Crippen LogP contribution in [-0.2, 0) is 11.3 Å². The highest BCUT2D eigenvalue weighted by Crippen LogP contribution is 2.17. The highest BCUT2D eigenvalue weighted by Gasteiger charge is 2.28. The Kier molecular flexibility index (Phi) is 5.22. The van der Waals surface area contributed by atoms with Crippen molar-refractivity contribution in [2.75, 3.05) is 39.3 Å². The van der Waals surface area contributed by atoms with Gasteiger partial charge in [-0.05, 0) is 19.4 Å². The van der Waals surface area contributed by atoms with Crippen molar-refractivity contribution in [2.24, 2.45) is 5.92 Å². The Morgan fingerprint density at radius 2 is 2.13 bits per heavy atom. The number of rotatable bonds is 4. The number of halogens is 2. The van der Waals surface area contributed by atoms with E-state index in [2.05, 4.69) is 15.2 Å². The van der Waals surface area contributed by atoms with Crippen molar-refractivity contribution in [3.8, 4) is 0 Å². The van der Waals surface area contributed by atoms with Crippen LogP contribution in [0.5, 0.6) is 0 Å². The highest BCUT2D eigenvalue weighted by molar-refractivity contribution is 5.79. The molecule has 2 aliphatic rings. The van der Waals surface area contributed by atoms with Crippen LogP contribution in [0.15, 0.2) is 12.4 Å². The van der Waals surface area contributed by atoms with Gasteiger partial charge in [0.25, 0.3) is 0 Å². The monoisotopic (exact) mass is 327 g/mol. The number of nitrogens with zero attached hydrogens (tertiary/aromatic N) is 4.